The summed E-state index contributed by atoms with van der Waals surface area (Å²) in [6, 6.07) is 10.3. The smallest absolute Gasteiger partial charge is 0.197 e. The molecular weight excluding hydrogens is 378 g/mol. The summed E-state index contributed by atoms with van der Waals surface area (Å²) in [5.41, 5.74) is 1.51. The van der Waals surface area contributed by atoms with Gasteiger partial charge < -0.3 is 19.2 Å². The van der Waals surface area contributed by atoms with Gasteiger partial charge in [0, 0.05) is 35.2 Å². The van der Waals surface area contributed by atoms with E-state index in [-0.39, 0.29) is 28.5 Å². The van der Waals surface area contributed by atoms with Crippen molar-refractivity contribution < 1.29 is 14.3 Å². The molecule has 0 saturated carbocycles. The van der Waals surface area contributed by atoms with Crippen molar-refractivity contribution in [3.63, 3.8) is 0 Å². The summed E-state index contributed by atoms with van der Waals surface area (Å²) >= 11 is 6.32. The molecule has 4 rings (SSSR count). The Morgan fingerprint density at radius 1 is 1.29 bits per heavy atom. The van der Waals surface area contributed by atoms with Crippen molar-refractivity contribution >= 4 is 22.6 Å². The third-order valence-electron chi connectivity index (χ3n) is 5.78. The standard InChI is InChI=1S/C22H22ClNO4/c1-12-13(8-9-24(12)2)20-19(27-3)11-17(26)21-16(25)10-18(28-22(20)21)14-6-4-5-7-15(14)23/h4-7,10-13,26H,8-9H2,1-3H3. The lowest BCUT2D eigenvalue weighted by molar-refractivity contribution is 0.314. The maximum Gasteiger partial charge on any atom is 0.197 e. The van der Waals surface area contributed by atoms with Crippen molar-refractivity contribution in [3.8, 4) is 22.8 Å². The van der Waals surface area contributed by atoms with Crippen LogP contribution in [-0.4, -0.2) is 36.8 Å². The van der Waals surface area contributed by atoms with Crippen molar-refractivity contribution in [2.45, 2.75) is 25.3 Å². The van der Waals surface area contributed by atoms with Gasteiger partial charge in [0.25, 0.3) is 0 Å². The summed E-state index contributed by atoms with van der Waals surface area (Å²) in [6.07, 6.45) is 0.911. The van der Waals surface area contributed by atoms with Crippen molar-refractivity contribution in [3.05, 3.63) is 57.2 Å². The summed E-state index contributed by atoms with van der Waals surface area (Å²) < 4.78 is 11.8. The normalized spacial score (nSPS) is 20.0. The molecule has 146 valence electrons. The van der Waals surface area contributed by atoms with Gasteiger partial charge in [-0.3, -0.25) is 4.79 Å². The Labute approximate surface area is 168 Å². The summed E-state index contributed by atoms with van der Waals surface area (Å²) in [7, 11) is 3.63. The molecule has 1 fully saturated rings. The van der Waals surface area contributed by atoms with Crippen LogP contribution in [0, 0.1) is 0 Å². The highest BCUT2D eigenvalue weighted by molar-refractivity contribution is 6.33. The average Bonchev–Trinajstić information content (AvgIpc) is 3.00. The number of likely N-dealkylation sites (N-methyl/N-ethyl adjacent to an activating group) is 1. The number of aromatic hydroxyl groups is 1. The molecule has 0 radical (unpaired) electrons. The van der Waals surface area contributed by atoms with Crippen LogP contribution in [-0.2, 0) is 0 Å². The molecular formula is C22H22ClNO4. The zero-order chi connectivity index (χ0) is 20.0. The molecule has 2 unspecified atom stereocenters. The molecule has 1 aliphatic heterocycles. The van der Waals surface area contributed by atoms with Gasteiger partial charge >= 0.3 is 0 Å². The number of methoxy groups -OCH3 is 1. The van der Waals surface area contributed by atoms with Gasteiger partial charge in [-0.2, -0.15) is 0 Å². The minimum atomic E-state index is -0.309. The quantitative estimate of drug-likeness (QED) is 0.695. The number of halogens is 1. The molecule has 2 atom stereocenters. The van der Waals surface area contributed by atoms with Crippen LogP contribution in [0.5, 0.6) is 11.5 Å². The largest absolute Gasteiger partial charge is 0.507 e. The monoisotopic (exact) mass is 399 g/mol. The highest BCUT2D eigenvalue weighted by Gasteiger charge is 2.34. The van der Waals surface area contributed by atoms with Crippen LogP contribution in [0.4, 0.5) is 0 Å². The Balaban J connectivity index is 2.06. The maximum atomic E-state index is 12.9. The molecule has 1 aromatic heterocycles. The molecule has 1 aliphatic rings. The van der Waals surface area contributed by atoms with E-state index in [2.05, 4.69) is 18.9 Å². The van der Waals surface area contributed by atoms with Gasteiger partial charge in [0.05, 0.1) is 12.1 Å². The highest BCUT2D eigenvalue weighted by Crippen LogP contribution is 2.44. The van der Waals surface area contributed by atoms with Gasteiger partial charge in [0.2, 0.25) is 0 Å². The van der Waals surface area contributed by atoms with Crippen molar-refractivity contribution in [1.82, 2.24) is 4.90 Å². The number of ether oxygens (including phenoxy) is 1. The first-order valence-corrected chi connectivity index (χ1v) is 9.63. The fourth-order valence-electron chi connectivity index (χ4n) is 4.11. The lowest BCUT2D eigenvalue weighted by atomic mass is 9.90. The van der Waals surface area contributed by atoms with Crippen LogP contribution in [0.25, 0.3) is 22.3 Å². The summed E-state index contributed by atoms with van der Waals surface area (Å²) in [5.74, 6) is 0.870. The Bertz CT molecular complexity index is 1110. The van der Waals surface area contributed by atoms with Crippen molar-refractivity contribution in [2.24, 2.45) is 0 Å². The van der Waals surface area contributed by atoms with E-state index < -0.39 is 0 Å². The van der Waals surface area contributed by atoms with Crippen LogP contribution in [0.1, 0.15) is 24.8 Å². The molecule has 1 saturated heterocycles. The summed E-state index contributed by atoms with van der Waals surface area (Å²) in [4.78, 5) is 15.2. The first-order chi connectivity index (χ1) is 13.4. The number of likely N-dealkylation sites (tertiary alicyclic amines) is 1. The number of nitrogens with zero attached hydrogens (tertiary/aromatic N) is 1. The van der Waals surface area contributed by atoms with Gasteiger partial charge in [-0.25, -0.2) is 0 Å². The number of hydrogen-bond donors (Lipinski definition) is 1. The lowest BCUT2D eigenvalue weighted by Crippen LogP contribution is -2.25. The average molecular weight is 400 g/mol. The molecule has 3 aromatic rings. The maximum absolute atomic E-state index is 12.9. The van der Waals surface area contributed by atoms with Crippen molar-refractivity contribution in [2.75, 3.05) is 20.7 Å². The van der Waals surface area contributed by atoms with E-state index in [0.29, 0.717) is 27.7 Å². The van der Waals surface area contributed by atoms with Gasteiger partial charge in [0.15, 0.2) is 5.43 Å². The fraction of sp³-hybridized carbons (Fsp3) is 0.318. The van der Waals surface area contributed by atoms with Crippen LogP contribution in [0.3, 0.4) is 0 Å². The van der Waals surface area contributed by atoms with Gasteiger partial charge in [-0.1, -0.05) is 23.7 Å². The lowest BCUT2D eigenvalue weighted by Gasteiger charge is -2.23. The molecule has 2 aromatic carbocycles. The number of fused-ring (bicyclic) bond motifs is 1. The van der Waals surface area contributed by atoms with E-state index in [1.165, 1.54) is 12.1 Å². The number of phenols is 1. The fourth-order valence-corrected chi connectivity index (χ4v) is 4.33. The van der Waals surface area contributed by atoms with Crippen molar-refractivity contribution in [1.29, 1.82) is 0 Å². The first kappa shape index (κ1) is 18.8. The van der Waals surface area contributed by atoms with Gasteiger partial charge in [-0.15, -0.1) is 0 Å². The summed E-state index contributed by atoms with van der Waals surface area (Å²) in [6.45, 7) is 3.08. The number of phenolic OH excluding ortho intramolecular Hbond substituents is 1. The molecule has 28 heavy (non-hydrogen) atoms. The van der Waals surface area contributed by atoms with E-state index >= 15 is 0 Å². The Morgan fingerprint density at radius 3 is 2.68 bits per heavy atom. The van der Waals surface area contributed by atoms with Gasteiger partial charge in [0.1, 0.15) is 28.2 Å². The van der Waals surface area contributed by atoms with Crippen LogP contribution < -0.4 is 10.2 Å². The van der Waals surface area contributed by atoms with E-state index in [9.17, 15) is 9.90 Å². The van der Waals surface area contributed by atoms with Gasteiger partial charge in [-0.05, 0) is 39.1 Å². The minimum absolute atomic E-state index is 0.118. The molecule has 2 heterocycles. The predicted molar refractivity (Wildman–Crippen MR) is 111 cm³/mol. The predicted octanol–water partition coefficient (Wildman–Crippen LogP) is 4.64. The first-order valence-electron chi connectivity index (χ1n) is 9.25. The SMILES string of the molecule is COc1cc(O)c2c(=O)cc(-c3ccccc3Cl)oc2c1C1CCN(C)C1C. The number of rotatable bonds is 3. The van der Waals surface area contributed by atoms with E-state index in [1.807, 2.05) is 12.1 Å². The number of benzene rings is 2. The molecule has 0 bridgehead atoms. The molecule has 0 aliphatic carbocycles. The number of hydrogen-bond acceptors (Lipinski definition) is 5. The highest BCUT2D eigenvalue weighted by atomic mass is 35.5. The molecule has 0 amide bonds. The topological polar surface area (TPSA) is 62.9 Å². The minimum Gasteiger partial charge on any atom is -0.507 e. The second-order valence-corrected chi connectivity index (χ2v) is 7.69. The zero-order valence-corrected chi connectivity index (χ0v) is 16.8. The Hall–Kier alpha value is -2.50. The van der Waals surface area contributed by atoms with Crippen LogP contribution in [0.2, 0.25) is 5.02 Å². The van der Waals surface area contributed by atoms with E-state index in [1.54, 1.807) is 19.2 Å². The third-order valence-corrected chi connectivity index (χ3v) is 6.11. The second kappa shape index (κ2) is 7.15. The molecule has 5 nitrogen and oxygen atoms in total. The van der Waals surface area contributed by atoms with Crippen LogP contribution >= 0.6 is 11.6 Å². The Kier molecular flexibility index (Phi) is 4.81. The van der Waals surface area contributed by atoms with E-state index in [4.69, 9.17) is 20.8 Å². The van der Waals surface area contributed by atoms with E-state index in [0.717, 1.165) is 18.5 Å². The Morgan fingerprint density at radius 2 is 2.04 bits per heavy atom. The summed E-state index contributed by atoms with van der Waals surface area (Å²) in [5, 5.41) is 11.2. The molecule has 1 N–H and O–H groups in total. The zero-order valence-electron chi connectivity index (χ0n) is 16.0. The molecule has 6 heteroatoms. The van der Waals surface area contributed by atoms with Crippen LogP contribution in [0.15, 0.2) is 45.6 Å². The molecule has 0 spiro atoms. The second-order valence-electron chi connectivity index (χ2n) is 7.29. The third kappa shape index (κ3) is 2.95.